The smallest absolute Gasteiger partial charge is 0.180 e. The summed E-state index contributed by atoms with van der Waals surface area (Å²) in [5.41, 5.74) is 1.99. The topological polar surface area (TPSA) is 50.7 Å². The number of hydrogen-bond acceptors (Lipinski definition) is 4. The molecule has 0 bridgehead atoms. The van der Waals surface area contributed by atoms with Crippen molar-refractivity contribution in [3.63, 3.8) is 0 Å². The maximum Gasteiger partial charge on any atom is 0.180 e. The Morgan fingerprint density at radius 3 is 2.79 bits per heavy atom. The lowest BCUT2D eigenvalue weighted by atomic mass is 9.93. The maximum absolute atomic E-state index is 4.65. The van der Waals surface area contributed by atoms with Crippen molar-refractivity contribution < 1.29 is 0 Å². The molecule has 2 heterocycles. The third-order valence-corrected chi connectivity index (χ3v) is 3.59. The van der Waals surface area contributed by atoms with Crippen LogP contribution in [0.15, 0.2) is 30.6 Å². The summed E-state index contributed by atoms with van der Waals surface area (Å²) in [6, 6.07) is 6.38. The van der Waals surface area contributed by atoms with Crippen LogP contribution in [0.2, 0.25) is 0 Å². The van der Waals surface area contributed by atoms with Crippen LogP contribution in [-0.4, -0.2) is 21.0 Å². The van der Waals surface area contributed by atoms with Crippen molar-refractivity contribution in [1.29, 1.82) is 0 Å². The van der Waals surface area contributed by atoms with Gasteiger partial charge in [0.05, 0.1) is 0 Å². The van der Waals surface area contributed by atoms with Crippen LogP contribution in [0.5, 0.6) is 0 Å². The summed E-state index contributed by atoms with van der Waals surface area (Å²) in [5.74, 6) is 1.67. The van der Waals surface area contributed by atoms with Crippen LogP contribution in [0.25, 0.3) is 11.5 Å². The molecule has 0 amide bonds. The van der Waals surface area contributed by atoms with Crippen molar-refractivity contribution in [3.05, 3.63) is 36.2 Å². The largest absolute Gasteiger partial charge is 0.367 e. The van der Waals surface area contributed by atoms with Crippen LogP contribution in [0, 0.1) is 0 Å². The van der Waals surface area contributed by atoms with E-state index in [9.17, 15) is 0 Å². The minimum absolute atomic E-state index is 0.580. The van der Waals surface area contributed by atoms with Gasteiger partial charge < -0.3 is 5.32 Å². The first kappa shape index (κ1) is 12.1. The van der Waals surface area contributed by atoms with Gasteiger partial charge in [0.2, 0.25) is 0 Å². The molecule has 2 aromatic heterocycles. The number of anilines is 1. The highest BCUT2D eigenvalue weighted by atomic mass is 15.1. The molecule has 4 heteroatoms. The molecule has 2 aromatic rings. The number of aromatic nitrogens is 3. The minimum atomic E-state index is 0.580. The zero-order chi connectivity index (χ0) is 13.1. The number of hydrogen-bond donors (Lipinski definition) is 1. The number of aryl methyl sites for hydroxylation is 1. The van der Waals surface area contributed by atoms with E-state index in [0.717, 1.165) is 17.9 Å². The van der Waals surface area contributed by atoms with Crippen LogP contribution in [0.1, 0.15) is 31.7 Å². The van der Waals surface area contributed by atoms with Gasteiger partial charge in [-0.25, -0.2) is 9.97 Å². The first-order valence-electron chi connectivity index (χ1n) is 6.90. The molecule has 1 N–H and O–H groups in total. The molecular formula is C15H18N4. The van der Waals surface area contributed by atoms with E-state index in [1.807, 2.05) is 24.4 Å². The van der Waals surface area contributed by atoms with E-state index < -0.39 is 0 Å². The molecule has 0 atom stereocenters. The Morgan fingerprint density at radius 1 is 1.26 bits per heavy atom. The van der Waals surface area contributed by atoms with Crippen molar-refractivity contribution in [1.82, 2.24) is 15.0 Å². The van der Waals surface area contributed by atoms with Crippen molar-refractivity contribution in [2.24, 2.45) is 0 Å². The summed E-state index contributed by atoms with van der Waals surface area (Å²) in [6.45, 7) is 2.13. The predicted octanol–water partition coefficient (Wildman–Crippen LogP) is 3.07. The number of nitrogens with zero attached hydrogens (tertiary/aromatic N) is 3. The summed E-state index contributed by atoms with van der Waals surface area (Å²) >= 11 is 0. The average Bonchev–Trinajstić information content (AvgIpc) is 2.43. The van der Waals surface area contributed by atoms with Gasteiger partial charge in [-0.1, -0.05) is 13.0 Å². The molecule has 0 radical (unpaired) electrons. The lowest BCUT2D eigenvalue weighted by molar-refractivity contribution is 0.444. The molecule has 3 rings (SSSR count). The molecule has 1 aliphatic rings. The van der Waals surface area contributed by atoms with Gasteiger partial charge in [-0.15, -0.1) is 0 Å². The SMILES string of the molecule is CCc1cnc(-c2ccccn2)nc1NC1CCC1. The van der Waals surface area contributed by atoms with Gasteiger partial charge in [0.15, 0.2) is 5.82 Å². The Labute approximate surface area is 113 Å². The zero-order valence-electron chi connectivity index (χ0n) is 11.1. The molecule has 1 fully saturated rings. The Morgan fingerprint density at radius 2 is 2.16 bits per heavy atom. The van der Waals surface area contributed by atoms with E-state index in [1.54, 1.807) is 6.20 Å². The molecule has 98 valence electrons. The number of rotatable bonds is 4. The van der Waals surface area contributed by atoms with Crippen molar-refractivity contribution in [2.75, 3.05) is 5.32 Å². The highest BCUT2D eigenvalue weighted by Crippen LogP contribution is 2.25. The zero-order valence-corrected chi connectivity index (χ0v) is 11.1. The van der Waals surface area contributed by atoms with Crippen LogP contribution >= 0.6 is 0 Å². The fourth-order valence-corrected chi connectivity index (χ4v) is 2.15. The molecule has 0 aromatic carbocycles. The van der Waals surface area contributed by atoms with Gasteiger partial charge in [0.1, 0.15) is 11.5 Å². The second-order valence-corrected chi connectivity index (χ2v) is 4.91. The van der Waals surface area contributed by atoms with Crippen LogP contribution < -0.4 is 5.32 Å². The normalized spacial score (nSPS) is 15.0. The molecule has 19 heavy (non-hydrogen) atoms. The third-order valence-electron chi connectivity index (χ3n) is 3.59. The molecule has 0 unspecified atom stereocenters. The number of nitrogens with one attached hydrogen (secondary N) is 1. The van der Waals surface area contributed by atoms with Crippen LogP contribution in [0.4, 0.5) is 5.82 Å². The second kappa shape index (κ2) is 5.34. The summed E-state index contributed by atoms with van der Waals surface area (Å²) in [4.78, 5) is 13.4. The van der Waals surface area contributed by atoms with E-state index in [4.69, 9.17) is 0 Å². The Bertz CT molecular complexity index is 549. The minimum Gasteiger partial charge on any atom is -0.367 e. The first-order chi connectivity index (χ1) is 9.36. The molecule has 0 saturated heterocycles. The summed E-state index contributed by atoms with van der Waals surface area (Å²) < 4.78 is 0. The number of pyridine rings is 1. The third kappa shape index (κ3) is 2.57. The van der Waals surface area contributed by atoms with Crippen LogP contribution in [-0.2, 0) is 6.42 Å². The Balaban J connectivity index is 1.92. The molecule has 0 spiro atoms. The van der Waals surface area contributed by atoms with Gasteiger partial charge >= 0.3 is 0 Å². The van der Waals surface area contributed by atoms with E-state index in [0.29, 0.717) is 11.9 Å². The highest BCUT2D eigenvalue weighted by Gasteiger charge is 2.19. The van der Waals surface area contributed by atoms with Crippen molar-refractivity contribution in [2.45, 2.75) is 38.6 Å². The molecule has 4 nitrogen and oxygen atoms in total. The average molecular weight is 254 g/mol. The standard InChI is InChI=1S/C15H18N4/c1-2-11-10-17-15(13-8-3-4-9-16-13)19-14(11)18-12-6-5-7-12/h3-4,8-10,12H,2,5-7H2,1H3,(H,17,18,19). The predicted molar refractivity (Wildman–Crippen MR) is 75.9 cm³/mol. The summed E-state index contributed by atoms with van der Waals surface area (Å²) in [6.07, 6.45) is 8.43. The summed E-state index contributed by atoms with van der Waals surface area (Å²) in [7, 11) is 0. The van der Waals surface area contributed by atoms with E-state index in [1.165, 1.54) is 24.8 Å². The molecule has 1 saturated carbocycles. The van der Waals surface area contributed by atoms with Gasteiger partial charge in [-0.3, -0.25) is 4.98 Å². The lowest BCUT2D eigenvalue weighted by Crippen LogP contribution is -2.28. The quantitative estimate of drug-likeness (QED) is 0.911. The molecule has 1 aliphatic carbocycles. The van der Waals surface area contributed by atoms with Gasteiger partial charge in [-0.05, 0) is 37.8 Å². The van der Waals surface area contributed by atoms with Gasteiger partial charge in [0, 0.05) is 24.0 Å². The van der Waals surface area contributed by atoms with Gasteiger partial charge in [0.25, 0.3) is 0 Å². The maximum atomic E-state index is 4.65. The lowest BCUT2D eigenvalue weighted by Gasteiger charge is -2.27. The van der Waals surface area contributed by atoms with Crippen molar-refractivity contribution >= 4 is 5.82 Å². The Hall–Kier alpha value is -1.97. The molecular weight excluding hydrogens is 236 g/mol. The van der Waals surface area contributed by atoms with E-state index >= 15 is 0 Å². The second-order valence-electron chi connectivity index (χ2n) is 4.91. The fourth-order valence-electron chi connectivity index (χ4n) is 2.15. The summed E-state index contributed by atoms with van der Waals surface area (Å²) in [5, 5.41) is 3.53. The highest BCUT2D eigenvalue weighted by molar-refractivity contribution is 5.54. The van der Waals surface area contributed by atoms with Gasteiger partial charge in [-0.2, -0.15) is 0 Å². The van der Waals surface area contributed by atoms with E-state index in [-0.39, 0.29) is 0 Å². The Kier molecular flexibility index (Phi) is 3.40. The molecule has 0 aliphatic heterocycles. The first-order valence-corrected chi connectivity index (χ1v) is 6.90. The van der Waals surface area contributed by atoms with Crippen molar-refractivity contribution in [3.8, 4) is 11.5 Å². The fraction of sp³-hybridized carbons (Fsp3) is 0.400. The monoisotopic (exact) mass is 254 g/mol. The van der Waals surface area contributed by atoms with E-state index in [2.05, 4.69) is 27.2 Å². The van der Waals surface area contributed by atoms with Crippen LogP contribution in [0.3, 0.4) is 0 Å².